The Morgan fingerprint density at radius 1 is 1.39 bits per heavy atom. The standard InChI is InChI=1S/C11H12Cl2N2O3/c12-8-3-10(11(15(17)18)4-9(8)13)14-5-6-1-7(16)2-6/h3-4,6-7,14,16H,1-2,5H2. The molecule has 98 valence electrons. The van der Waals surface area contributed by atoms with E-state index in [1.54, 1.807) is 0 Å². The van der Waals surface area contributed by atoms with Crippen LogP contribution in [-0.2, 0) is 0 Å². The first-order chi connectivity index (χ1) is 8.47. The summed E-state index contributed by atoms with van der Waals surface area (Å²) < 4.78 is 0. The van der Waals surface area contributed by atoms with E-state index in [0.29, 0.717) is 18.2 Å². The van der Waals surface area contributed by atoms with Crippen LogP contribution in [0.2, 0.25) is 10.0 Å². The van der Waals surface area contributed by atoms with Gasteiger partial charge in [-0.15, -0.1) is 0 Å². The SMILES string of the molecule is O=[N+]([O-])c1cc(Cl)c(Cl)cc1NCC1CC(O)C1. The van der Waals surface area contributed by atoms with Crippen molar-refractivity contribution in [3.8, 4) is 0 Å². The summed E-state index contributed by atoms with van der Waals surface area (Å²) in [7, 11) is 0. The Bertz CT molecular complexity index is 476. The number of nitro benzene ring substituents is 1. The van der Waals surface area contributed by atoms with E-state index < -0.39 is 4.92 Å². The summed E-state index contributed by atoms with van der Waals surface area (Å²) in [5.41, 5.74) is 0.264. The predicted octanol–water partition coefficient (Wildman–Crippen LogP) is 3.08. The second-order valence-corrected chi connectivity index (χ2v) is 5.23. The van der Waals surface area contributed by atoms with Crippen LogP contribution in [-0.4, -0.2) is 22.7 Å². The van der Waals surface area contributed by atoms with E-state index in [4.69, 9.17) is 28.3 Å². The molecule has 1 aliphatic rings. The normalized spacial score (nSPS) is 22.4. The lowest BCUT2D eigenvalue weighted by atomic mass is 9.82. The van der Waals surface area contributed by atoms with Crippen LogP contribution in [0.5, 0.6) is 0 Å². The van der Waals surface area contributed by atoms with Crippen LogP contribution < -0.4 is 5.32 Å². The van der Waals surface area contributed by atoms with E-state index in [-0.39, 0.29) is 21.8 Å². The Morgan fingerprint density at radius 2 is 2.00 bits per heavy atom. The molecular formula is C11H12Cl2N2O3. The number of anilines is 1. The zero-order chi connectivity index (χ0) is 13.3. The molecule has 0 aromatic heterocycles. The zero-order valence-corrected chi connectivity index (χ0v) is 10.9. The van der Waals surface area contributed by atoms with Gasteiger partial charge in [0, 0.05) is 12.6 Å². The minimum atomic E-state index is -0.500. The van der Waals surface area contributed by atoms with Crippen LogP contribution in [0.15, 0.2) is 12.1 Å². The fraction of sp³-hybridized carbons (Fsp3) is 0.455. The van der Waals surface area contributed by atoms with E-state index in [1.807, 2.05) is 0 Å². The molecule has 1 aromatic carbocycles. The Labute approximate surface area is 114 Å². The monoisotopic (exact) mass is 290 g/mol. The molecule has 0 heterocycles. The van der Waals surface area contributed by atoms with E-state index in [2.05, 4.69) is 5.32 Å². The third-order valence-electron chi connectivity index (χ3n) is 3.03. The summed E-state index contributed by atoms with van der Waals surface area (Å²) in [5.74, 6) is 0.342. The van der Waals surface area contributed by atoms with Crippen LogP contribution >= 0.6 is 23.2 Å². The molecule has 0 unspecified atom stereocenters. The van der Waals surface area contributed by atoms with Crippen molar-refractivity contribution >= 4 is 34.6 Å². The van der Waals surface area contributed by atoms with Gasteiger partial charge >= 0.3 is 0 Å². The van der Waals surface area contributed by atoms with Gasteiger partial charge in [0.05, 0.1) is 21.1 Å². The number of benzene rings is 1. The summed E-state index contributed by atoms with van der Waals surface area (Å²) in [6.07, 6.45) is 1.21. The lowest BCUT2D eigenvalue weighted by Crippen LogP contribution is -2.33. The van der Waals surface area contributed by atoms with Gasteiger partial charge in [-0.05, 0) is 24.8 Å². The van der Waals surface area contributed by atoms with Gasteiger partial charge in [0.2, 0.25) is 0 Å². The summed E-state index contributed by atoms with van der Waals surface area (Å²) in [6, 6.07) is 2.69. The third-order valence-corrected chi connectivity index (χ3v) is 3.75. The van der Waals surface area contributed by atoms with Crippen molar-refractivity contribution in [2.24, 2.45) is 5.92 Å². The lowest BCUT2D eigenvalue weighted by molar-refractivity contribution is -0.383. The second kappa shape index (κ2) is 5.30. The fourth-order valence-corrected chi connectivity index (χ4v) is 2.27. The van der Waals surface area contributed by atoms with Crippen molar-refractivity contribution in [2.75, 3.05) is 11.9 Å². The van der Waals surface area contributed by atoms with Crippen molar-refractivity contribution in [1.29, 1.82) is 0 Å². The molecule has 1 fully saturated rings. The fourth-order valence-electron chi connectivity index (χ4n) is 1.95. The molecule has 0 spiro atoms. The molecule has 0 radical (unpaired) electrons. The van der Waals surface area contributed by atoms with Crippen LogP contribution in [0.1, 0.15) is 12.8 Å². The second-order valence-electron chi connectivity index (χ2n) is 4.41. The molecule has 0 aliphatic heterocycles. The zero-order valence-electron chi connectivity index (χ0n) is 9.40. The van der Waals surface area contributed by atoms with Gasteiger partial charge in [-0.3, -0.25) is 10.1 Å². The minimum Gasteiger partial charge on any atom is -0.393 e. The molecule has 0 amide bonds. The number of rotatable bonds is 4. The molecule has 18 heavy (non-hydrogen) atoms. The molecule has 0 saturated heterocycles. The Hall–Kier alpha value is -1.04. The summed E-state index contributed by atoms with van der Waals surface area (Å²) in [5, 5.41) is 23.5. The maximum atomic E-state index is 10.9. The first kappa shape index (κ1) is 13.4. The quantitative estimate of drug-likeness (QED) is 0.660. The summed E-state index contributed by atoms with van der Waals surface area (Å²) >= 11 is 11.6. The topological polar surface area (TPSA) is 75.4 Å². The van der Waals surface area contributed by atoms with E-state index in [9.17, 15) is 10.1 Å². The average Bonchev–Trinajstić information content (AvgIpc) is 2.26. The van der Waals surface area contributed by atoms with Gasteiger partial charge in [0.25, 0.3) is 5.69 Å². The van der Waals surface area contributed by atoms with Gasteiger partial charge in [0.1, 0.15) is 5.69 Å². The van der Waals surface area contributed by atoms with E-state index in [0.717, 1.165) is 12.8 Å². The number of hydrogen-bond acceptors (Lipinski definition) is 4. The Balaban J connectivity index is 2.10. The number of nitrogens with zero attached hydrogens (tertiary/aromatic N) is 1. The van der Waals surface area contributed by atoms with Gasteiger partial charge < -0.3 is 10.4 Å². The Kier molecular flexibility index (Phi) is 3.94. The summed E-state index contributed by atoms with van der Waals surface area (Å²) in [4.78, 5) is 10.4. The lowest BCUT2D eigenvalue weighted by Gasteiger charge is -2.31. The van der Waals surface area contributed by atoms with Crippen molar-refractivity contribution < 1.29 is 10.0 Å². The molecule has 5 nitrogen and oxygen atoms in total. The highest BCUT2D eigenvalue weighted by molar-refractivity contribution is 6.42. The van der Waals surface area contributed by atoms with Crippen molar-refractivity contribution in [3.05, 3.63) is 32.3 Å². The maximum absolute atomic E-state index is 10.9. The van der Waals surface area contributed by atoms with E-state index in [1.165, 1.54) is 12.1 Å². The largest absolute Gasteiger partial charge is 0.393 e. The molecule has 1 aliphatic carbocycles. The molecule has 2 N–H and O–H groups in total. The maximum Gasteiger partial charge on any atom is 0.293 e. The van der Waals surface area contributed by atoms with Crippen LogP contribution in [0.3, 0.4) is 0 Å². The smallest absolute Gasteiger partial charge is 0.293 e. The highest BCUT2D eigenvalue weighted by Gasteiger charge is 2.27. The predicted molar refractivity (Wildman–Crippen MR) is 70.3 cm³/mol. The summed E-state index contributed by atoms with van der Waals surface area (Å²) in [6.45, 7) is 0.579. The molecule has 1 aromatic rings. The van der Waals surface area contributed by atoms with Crippen molar-refractivity contribution in [2.45, 2.75) is 18.9 Å². The molecule has 0 atom stereocenters. The highest BCUT2D eigenvalue weighted by atomic mass is 35.5. The van der Waals surface area contributed by atoms with Gasteiger partial charge in [-0.2, -0.15) is 0 Å². The van der Waals surface area contributed by atoms with Gasteiger partial charge in [-0.25, -0.2) is 0 Å². The number of halogens is 2. The molecule has 7 heteroatoms. The first-order valence-corrected chi connectivity index (χ1v) is 6.28. The third kappa shape index (κ3) is 2.85. The molecule has 1 saturated carbocycles. The number of nitrogens with one attached hydrogen (secondary N) is 1. The number of hydrogen-bond donors (Lipinski definition) is 2. The van der Waals surface area contributed by atoms with E-state index >= 15 is 0 Å². The molecule has 0 bridgehead atoms. The van der Waals surface area contributed by atoms with Crippen molar-refractivity contribution in [3.63, 3.8) is 0 Å². The first-order valence-electron chi connectivity index (χ1n) is 5.52. The average molecular weight is 291 g/mol. The van der Waals surface area contributed by atoms with Gasteiger partial charge in [0.15, 0.2) is 0 Å². The minimum absolute atomic E-state index is 0.0933. The van der Waals surface area contributed by atoms with Crippen LogP contribution in [0, 0.1) is 16.0 Å². The van der Waals surface area contributed by atoms with Crippen LogP contribution in [0.4, 0.5) is 11.4 Å². The number of aliphatic hydroxyl groups excluding tert-OH is 1. The highest BCUT2D eigenvalue weighted by Crippen LogP contribution is 2.35. The number of nitro groups is 1. The number of aliphatic hydroxyl groups is 1. The van der Waals surface area contributed by atoms with Crippen LogP contribution in [0.25, 0.3) is 0 Å². The van der Waals surface area contributed by atoms with Gasteiger partial charge in [-0.1, -0.05) is 23.2 Å². The molecular weight excluding hydrogens is 279 g/mol. The van der Waals surface area contributed by atoms with Crippen molar-refractivity contribution in [1.82, 2.24) is 0 Å². The Morgan fingerprint density at radius 3 is 2.56 bits per heavy atom. The molecule has 2 rings (SSSR count).